The summed E-state index contributed by atoms with van der Waals surface area (Å²) in [5, 5.41) is 14.3. The third-order valence-corrected chi connectivity index (χ3v) is 6.82. The van der Waals surface area contributed by atoms with Crippen molar-refractivity contribution in [3.05, 3.63) is 36.0 Å². The van der Waals surface area contributed by atoms with Crippen LogP contribution >= 0.6 is 0 Å². The Labute approximate surface area is 191 Å². The number of nitrogens with one attached hydrogen (secondary N) is 1. The molecular formula is C24H31F3N4O2. The Morgan fingerprint density at radius 1 is 1.24 bits per heavy atom. The SMILES string of the molecule is C[C@H]1C[C@@H](NC(=O)CC2(O)CCN(C)CC2)CN(c2ccc(C(F)(F)F)c3ncccc23)C1. The van der Waals surface area contributed by atoms with Crippen LogP contribution in [-0.2, 0) is 11.0 Å². The highest BCUT2D eigenvalue weighted by atomic mass is 19.4. The standard InChI is InChI=1S/C24H31F3N4O2/c1-16-12-17(29-21(32)13-23(33)7-10-30(2)11-8-23)15-31(14-16)20-6-5-19(24(25,26)27)22-18(20)4-3-9-28-22/h3-6,9,16-17,33H,7-8,10-15H2,1-2H3,(H,29,32)/t16-,17+/m0/s1. The lowest BCUT2D eigenvalue weighted by atomic mass is 9.87. The second-order valence-corrected chi connectivity index (χ2v) is 9.74. The number of hydrogen-bond acceptors (Lipinski definition) is 5. The van der Waals surface area contributed by atoms with Gasteiger partial charge in [-0.05, 0) is 56.5 Å². The molecule has 2 fully saturated rings. The average Bonchev–Trinajstić information content (AvgIpc) is 2.74. The van der Waals surface area contributed by atoms with Crippen molar-refractivity contribution in [1.82, 2.24) is 15.2 Å². The maximum absolute atomic E-state index is 13.5. The predicted molar refractivity (Wildman–Crippen MR) is 121 cm³/mol. The summed E-state index contributed by atoms with van der Waals surface area (Å²) in [6.45, 7) is 4.76. The van der Waals surface area contributed by atoms with E-state index in [1.165, 1.54) is 12.3 Å². The van der Waals surface area contributed by atoms with Crippen LogP contribution in [-0.4, -0.2) is 65.8 Å². The van der Waals surface area contributed by atoms with Gasteiger partial charge in [-0.2, -0.15) is 13.2 Å². The Balaban J connectivity index is 1.50. The average molecular weight is 465 g/mol. The lowest BCUT2D eigenvalue weighted by molar-refractivity contribution is -0.136. The minimum Gasteiger partial charge on any atom is -0.389 e. The van der Waals surface area contributed by atoms with E-state index in [2.05, 4.69) is 22.1 Å². The molecule has 2 atom stereocenters. The van der Waals surface area contributed by atoms with Crippen LogP contribution in [0.25, 0.3) is 10.9 Å². The van der Waals surface area contributed by atoms with E-state index in [0.29, 0.717) is 37.0 Å². The maximum Gasteiger partial charge on any atom is 0.418 e. The van der Waals surface area contributed by atoms with Crippen molar-refractivity contribution in [2.24, 2.45) is 5.92 Å². The Bertz CT molecular complexity index is 1000. The zero-order valence-electron chi connectivity index (χ0n) is 19.0. The highest BCUT2D eigenvalue weighted by molar-refractivity contribution is 5.94. The van der Waals surface area contributed by atoms with Crippen LogP contribution in [0.5, 0.6) is 0 Å². The van der Waals surface area contributed by atoms with E-state index >= 15 is 0 Å². The summed E-state index contributed by atoms with van der Waals surface area (Å²) in [7, 11) is 2.00. The van der Waals surface area contributed by atoms with Crippen LogP contribution in [0.4, 0.5) is 18.9 Å². The zero-order chi connectivity index (χ0) is 23.8. The largest absolute Gasteiger partial charge is 0.418 e. The van der Waals surface area contributed by atoms with Gasteiger partial charge in [0, 0.05) is 49.5 Å². The molecule has 0 aliphatic carbocycles. The van der Waals surface area contributed by atoms with Crippen LogP contribution in [0.15, 0.2) is 30.5 Å². The van der Waals surface area contributed by atoms with Gasteiger partial charge in [0.1, 0.15) is 0 Å². The molecule has 2 aromatic rings. The minimum absolute atomic E-state index is 0.0641. The summed E-state index contributed by atoms with van der Waals surface area (Å²) < 4.78 is 40.4. The van der Waals surface area contributed by atoms with Crippen LogP contribution in [0, 0.1) is 5.92 Å². The van der Waals surface area contributed by atoms with Gasteiger partial charge in [-0.25, -0.2) is 0 Å². The number of carbonyl (C=O) groups excluding carboxylic acids is 1. The molecule has 0 spiro atoms. The topological polar surface area (TPSA) is 68.7 Å². The van der Waals surface area contributed by atoms with Gasteiger partial charge in [0.15, 0.2) is 0 Å². The van der Waals surface area contributed by atoms with E-state index < -0.39 is 17.3 Å². The molecule has 4 rings (SSSR count). The summed E-state index contributed by atoms with van der Waals surface area (Å²) in [5.41, 5.74) is -1.11. The molecule has 6 nitrogen and oxygen atoms in total. The van der Waals surface area contributed by atoms with Gasteiger partial charge in [0.25, 0.3) is 0 Å². The molecule has 2 N–H and O–H groups in total. The van der Waals surface area contributed by atoms with E-state index in [1.807, 2.05) is 11.9 Å². The summed E-state index contributed by atoms with van der Waals surface area (Å²) in [6, 6.07) is 5.75. The summed E-state index contributed by atoms with van der Waals surface area (Å²) in [4.78, 5) is 20.9. The molecule has 0 bridgehead atoms. The molecule has 2 aliphatic rings. The first kappa shape index (κ1) is 23.8. The molecule has 1 aromatic heterocycles. The molecule has 0 radical (unpaired) electrons. The van der Waals surface area contributed by atoms with Crippen molar-refractivity contribution in [2.75, 3.05) is 38.1 Å². The van der Waals surface area contributed by atoms with Crippen LogP contribution in [0.1, 0.15) is 38.2 Å². The lowest BCUT2D eigenvalue weighted by Gasteiger charge is -2.40. The Hall–Kier alpha value is -2.39. The van der Waals surface area contributed by atoms with Gasteiger partial charge in [-0.3, -0.25) is 9.78 Å². The van der Waals surface area contributed by atoms with Crippen molar-refractivity contribution in [2.45, 2.75) is 50.4 Å². The number of fused-ring (bicyclic) bond motifs is 1. The highest BCUT2D eigenvalue weighted by Gasteiger charge is 2.36. The van der Waals surface area contributed by atoms with E-state index in [-0.39, 0.29) is 29.8 Å². The van der Waals surface area contributed by atoms with Gasteiger partial charge in [0.05, 0.1) is 23.1 Å². The first-order valence-electron chi connectivity index (χ1n) is 11.4. The fourth-order valence-corrected chi connectivity index (χ4v) is 5.10. The van der Waals surface area contributed by atoms with Crippen LogP contribution < -0.4 is 10.2 Å². The van der Waals surface area contributed by atoms with Crippen molar-refractivity contribution in [3.8, 4) is 0 Å². The van der Waals surface area contributed by atoms with E-state index in [9.17, 15) is 23.1 Å². The van der Waals surface area contributed by atoms with Gasteiger partial charge in [-0.15, -0.1) is 0 Å². The van der Waals surface area contributed by atoms with Gasteiger partial charge >= 0.3 is 6.18 Å². The van der Waals surface area contributed by atoms with Gasteiger partial charge in [0.2, 0.25) is 5.91 Å². The van der Waals surface area contributed by atoms with Crippen LogP contribution in [0.2, 0.25) is 0 Å². The number of aliphatic hydroxyl groups is 1. The summed E-state index contributed by atoms with van der Waals surface area (Å²) in [6.07, 6.45) is -1.13. The summed E-state index contributed by atoms with van der Waals surface area (Å²) in [5.74, 6) is 0.0597. The molecule has 2 aliphatic heterocycles. The number of benzene rings is 1. The lowest BCUT2D eigenvalue weighted by Crippen LogP contribution is -2.52. The van der Waals surface area contributed by atoms with Crippen LogP contribution in [0.3, 0.4) is 0 Å². The molecule has 33 heavy (non-hydrogen) atoms. The third-order valence-electron chi connectivity index (χ3n) is 6.82. The quantitative estimate of drug-likeness (QED) is 0.726. The number of nitrogens with zero attached hydrogens (tertiary/aromatic N) is 3. The number of aromatic nitrogens is 1. The molecule has 2 saturated heterocycles. The third kappa shape index (κ3) is 5.41. The van der Waals surface area contributed by atoms with E-state index in [4.69, 9.17) is 0 Å². The molecule has 9 heteroatoms. The normalized spacial score (nSPS) is 24.1. The fourth-order valence-electron chi connectivity index (χ4n) is 5.10. The number of hydrogen-bond donors (Lipinski definition) is 2. The molecule has 0 unspecified atom stereocenters. The van der Waals surface area contributed by atoms with Gasteiger partial charge < -0.3 is 20.2 Å². The van der Waals surface area contributed by atoms with Crippen molar-refractivity contribution < 1.29 is 23.1 Å². The first-order chi connectivity index (χ1) is 15.5. The fraction of sp³-hybridized carbons (Fsp3) is 0.583. The molecule has 1 amide bonds. The maximum atomic E-state index is 13.5. The number of anilines is 1. The number of pyridine rings is 1. The van der Waals surface area contributed by atoms with Crippen molar-refractivity contribution >= 4 is 22.5 Å². The van der Waals surface area contributed by atoms with Gasteiger partial charge in [-0.1, -0.05) is 6.92 Å². The van der Waals surface area contributed by atoms with E-state index in [0.717, 1.165) is 25.6 Å². The monoisotopic (exact) mass is 464 g/mol. The van der Waals surface area contributed by atoms with Crippen molar-refractivity contribution in [1.29, 1.82) is 0 Å². The number of rotatable bonds is 4. The second-order valence-electron chi connectivity index (χ2n) is 9.74. The smallest absolute Gasteiger partial charge is 0.389 e. The Kier molecular flexibility index (Phi) is 6.55. The predicted octanol–water partition coefficient (Wildman–Crippen LogP) is 3.43. The number of likely N-dealkylation sites (tertiary alicyclic amines) is 1. The number of alkyl halides is 3. The second kappa shape index (κ2) is 9.10. The highest BCUT2D eigenvalue weighted by Crippen LogP contribution is 2.38. The Morgan fingerprint density at radius 2 is 1.97 bits per heavy atom. The molecule has 0 saturated carbocycles. The molecule has 180 valence electrons. The number of amides is 1. The summed E-state index contributed by atoms with van der Waals surface area (Å²) >= 11 is 0. The minimum atomic E-state index is -4.48. The first-order valence-corrected chi connectivity index (χ1v) is 11.4. The number of piperidine rings is 2. The van der Waals surface area contributed by atoms with E-state index in [1.54, 1.807) is 12.1 Å². The number of carbonyl (C=O) groups is 1. The zero-order valence-corrected chi connectivity index (χ0v) is 19.0. The van der Waals surface area contributed by atoms with Crippen molar-refractivity contribution in [3.63, 3.8) is 0 Å². The molecular weight excluding hydrogens is 433 g/mol. The molecule has 1 aromatic carbocycles. The Morgan fingerprint density at radius 3 is 2.67 bits per heavy atom. The number of halogens is 3. The molecule has 3 heterocycles.